The van der Waals surface area contributed by atoms with Gasteiger partial charge in [0.1, 0.15) is 23.9 Å². The average Bonchev–Trinajstić information content (AvgIpc) is 3.23. The number of para-hydroxylation sites is 1. The minimum Gasteiger partial charge on any atom is -0.494 e. The van der Waals surface area contributed by atoms with Crippen molar-refractivity contribution in [3.05, 3.63) is 71.7 Å². The van der Waals surface area contributed by atoms with Gasteiger partial charge in [0.05, 0.1) is 37.4 Å². The number of carbonyl (C=O) groups excluding carboxylic acids is 1. The lowest BCUT2D eigenvalue weighted by Gasteiger charge is -2.27. The number of pyridine rings is 1. The van der Waals surface area contributed by atoms with E-state index in [1.807, 2.05) is 42.5 Å². The molecule has 0 aliphatic heterocycles. The Morgan fingerprint density at radius 1 is 1.18 bits per heavy atom. The van der Waals surface area contributed by atoms with Crippen molar-refractivity contribution in [3.63, 3.8) is 0 Å². The van der Waals surface area contributed by atoms with Crippen LogP contribution in [0.5, 0.6) is 11.5 Å². The predicted molar refractivity (Wildman–Crippen MR) is 145 cm³/mol. The predicted octanol–water partition coefficient (Wildman–Crippen LogP) is 4.80. The summed E-state index contributed by atoms with van der Waals surface area (Å²) < 4.78 is 19.2. The van der Waals surface area contributed by atoms with E-state index in [2.05, 4.69) is 15.7 Å². The molecule has 2 aromatic carbocycles. The van der Waals surface area contributed by atoms with Crippen LogP contribution in [0.1, 0.15) is 49.2 Å². The fourth-order valence-electron chi connectivity index (χ4n) is 4.78. The summed E-state index contributed by atoms with van der Waals surface area (Å²) in [5, 5.41) is 13.8. The second-order valence-electron chi connectivity index (χ2n) is 9.24. The highest BCUT2D eigenvalue weighted by atomic mass is 16.5. The third kappa shape index (κ3) is 4.91. The van der Waals surface area contributed by atoms with Crippen molar-refractivity contribution in [1.29, 1.82) is 5.41 Å². The number of nitrogens with one attached hydrogen (secondary N) is 1. The Labute approximate surface area is 221 Å². The lowest BCUT2D eigenvalue weighted by atomic mass is 9.93. The summed E-state index contributed by atoms with van der Waals surface area (Å²) in [5.74, 6) is 0.664. The topological polar surface area (TPSA) is 125 Å². The van der Waals surface area contributed by atoms with Gasteiger partial charge < -0.3 is 19.9 Å². The van der Waals surface area contributed by atoms with Gasteiger partial charge in [-0.05, 0) is 56.0 Å². The number of esters is 1. The zero-order valence-electron chi connectivity index (χ0n) is 21.6. The molecule has 2 heterocycles. The summed E-state index contributed by atoms with van der Waals surface area (Å²) in [5.41, 5.74) is 10.4. The van der Waals surface area contributed by atoms with Crippen LogP contribution in [0.2, 0.25) is 0 Å². The molecule has 1 saturated carbocycles. The first-order valence-electron chi connectivity index (χ1n) is 12.7. The Morgan fingerprint density at radius 2 is 2.00 bits per heavy atom. The molecule has 1 aliphatic rings. The number of nitrogens with two attached hydrogens (primary N) is 1. The molecular weight excluding hydrogens is 482 g/mol. The van der Waals surface area contributed by atoms with Crippen LogP contribution in [-0.4, -0.2) is 40.3 Å². The van der Waals surface area contributed by atoms with Crippen LogP contribution in [0.15, 0.2) is 54.7 Å². The molecule has 0 amide bonds. The summed E-state index contributed by atoms with van der Waals surface area (Å²) in [4.78, 5) is 16.3. The number of fused-ring (bicyclic) bond motifs is 1. The number of nitrogen functional groups attached to an aromatic ring is 1. The van der Waals surface area contributed by atoms with E-state index in [4.69, 9.17) is 30.5 Å². The van der Waals surface area contributed by atoms with Crippen LogP contribution in [0.3, 0.4) is 0 Å². The van der Waals surface area contributed by atoms with Gasteiger partial charge in [-0.3, -0.25) is 14.9 Å². The van der Waals surface area contributed by atoms with Gasteiger partial charge in [-0.25, -0.2) is 4.98 Å². The van der Waals surface area contributed by atoms with Crippen LogP contribution in [-0.2, 0) is 22.6 Å². The number of methoxy groups -OCH3 is 1. The quantitative estimate of drug-likeness (QED) is 0.177. The first-order valence-corrected chi connectivity index (χ1v) is 12.7. The second-order valence-corrected chi connectivity index (χ2v) is 9.24. The zero-order chi connectivity index (χ0) is 26.6. The molecule has 9 heteroatoms. The van der Waals surface area contributed by atoms with Gasteiger partial charge in [-0.2, -0.15) is 5.10 Å². The number of aromatic nitrogens is 3. The molecule has 196 valence electrons. The number of nitrogens with zero attached hydrogens (tertiary/aromatic N) is 3. The second kappa shape index (κ2) is 10.9. The van der Waals surface area contributed by atoms with Crippen molar-refractivity contribution < 1.29 is 19.0 Å². The fraction of sp³-hybridized carbons (Fsp3) is 0.310. The number of rotatable bonds is 10. The van der Waals surface area contributed by atoms with Gasteiger partial charge in [0.25, 0.3) is 0 Å². The van der Waals surface area contributed by atoms with E-state index in [1.54, 1.807) is 20.2 Å². The van der Waals surface area contributed by atoms with E-state index in [9.17, 15) is 4.79 Å². The van der Waals surface area contributed by atoms with Crippen LogP contribution in [0.4, 0.5) is 0 Å². The van der Waals surface area contributed by atoms with Crippen LogP contribution < -0.4 is 15.2 Å². The molecule has 1 fully saturated rings. The monoisotopic (exact) mass is 513 g/mol. The maximum absolute atomic E-state index is 12.1. The third-order valence-corrected chi connectivity index (χ3v) is 6.87. The SMILES string of the molecule is CCOC(=O)Cc1ccccc1OCc1c2cc(-c3ccnc(C(=N)N)c3OC)ccc2nn1C1CCC1. The molecule has 1 aliphatic carbocycles. The molecule has 0 radical (unpaired) electrons. The molecule has 0 unspecified atom stereocenters. The van der Waals surface area contributed by atoms with E-state index in [0.717, 1.165) is 46.1 Å². The maximum atomic E-state index is 12.1. The Balaban J connectivity index is 1.53. The lowest BCUT2D eigenvalue weighted by molar-refractivity contribution is -0.142. The van der Waals surface area contributed by atoms with Crippen molar-refractivity contribution in [2.24, 2.45) is 5.73 Å². The maximum Gasteiger partial charge on any atom is 0.310 e. The molecule has 2 aromatic heterocycles. The van der Waals surface area contributed by atoms with E-state index < -0.39 is 0 Å². The standard InChI is InChI=1S/C29H31N5O4/c1-3-37-26(35)16-19-7-4-5-10-25(19)38-17-24-22-15-18(11-12-23(22)33-34(24)20-8-6-9-20)21-13-14-32-27(29(30)31)28(21)36-2/h4-5,7,10-15,20H,3,6,8-9,16-17H2,1-2H3,(H3,30,31). The van der Waals surface area contributed by atoms with Crippen LogP contribution >= 0.6 is 0 Å². The van der Waals surface area contributed by atoms with E-state index in [-0.39, 0.29) is 18.2 Å². The molecule has 5 rings (SSSR count). The normalized spacial score (nSPS) is 13.2. The van der Waals surface area contributed by atoms with Gasteiger partial charge in [0, 0.05) is 22.7 Å². The van der Waals surface area contributed by atoms with Crippen molar-refractivity contribution in [2.75, 3.05) is 13.7 Å². The highest BCUT2D eigenvalue weighted by Gasteiger charge is 2.26. The Bertz CT molecular complexity index is 1490. The number of amidine groups is 1. The lowest BCUT2D eigenvalue weighted by Crippen LogP contribution is -2.21. The molecule has 0 bridgehead atoms. The Kier molecular flexibility index (Phi) is 7.26. The van der Waals surface area contributed by atoms with Gasteiger partial charge >= 0.3 is 5.97 Å². The van der Waals surface area contributed by atoms with Crippen LogP contribution in [0, 0.1) is 5.41 Å². The van der Waals surface area contributed by atoms with Gasteiger partial charge in [0.15, 0.2) is 5.75 Å². The number of hydrogen-bond donors (Lipinski definition) is 2. The average molecular weight is 514 g/mol. The number of carbonyl (C=O) groups is 1. The van der Waals surface area contributed by atoms with E-state index in [0.29, 0.717) is 36.4 Å². The smallest absolute Gasteiger partial charge is 0.310 e. The fourth-order valence-corrected chi connectivity index (χ4v) is 4.78. The minimum absolute atomic E-state index is 0.150. The Morgan fingerprint density at radius 3 is 2.71 bits per heavy atom. The summed E-state index contributed by atoms with van der Waals surface area (Å²) >= 11 is 0. The van der Waals surface area contributed by atoms with Gasteiger partial charge in [-0.15, -0.1) is 0 Å². The Hall–Kier alpha value is -4.40. The molecule has 0 spiro atoms. The summed E-state index contributed by atoms with van der Waals surface area (Å²) in [6.07, 6.45) is 5.11. The van der Waals surface area contributed by atoms with E-state index in [1.165, 1.54) is 6.42 Å². The largest absolute Gasteiger partial charge is 0.494 e. The molecule has 0 atom stereocenters. The van der Waals surface area contributed by atoms with Gasteiger partial charge in [-0.1, -0.05) is 24.3 Å². The van der Waals surface area contributed by atoms with Crippen molar-refractivity contribution in [1.82, 2.24) is 14.8 Å². The number of ether oxygens (including phenoxy) is 3. The van der Waals surface area contributed by atoms with Crippen LogP contribution in [0.25, 0.3) is 22.0 Å². The first kappa shape index (κ1) is 25.3. The molecule has 0 saturated heterocycles. The van der Waals surface area contributed by atoms with E-state index >= 15 is 0 Å². The minimum atomic E-state index is -0.283. The van der Waals surface area contributed by atoms with Crippen molar-refractivity contribution >= 4 is 22.7 Å². The van der Waals surface area contributed by atoms with Crippen molar-refractivity contribution in [2.45, 2.75) is 45.3 Å². The summed E-state index contributed by atoms with van der Waals surface area (Å²) in [7, 11) is 1.55. The molecular formula is C29H31N5O4. The summed E-state index contributed by atoms with van der Waals surface area (Å²) in [6.45, 7) is 2.43. The molecule has 38 heavy (non-hydrogen) atoms. The molecule has 4 aromatic rings. The highest BCUT2D eigenvalue weighted by molar-refractivity contribution is 5.98. The number of hydrogen-bond acceptors (Lipinski definition) is 7. The van der Waals surface area contributed by atoms with Gasteiger partial charge in [0.2, 0.25) is 0 Å². The zero-order valence-corrected chi connectivity index (χ0v) is 21.6. The highest BCUT2D eigenvalue weighted by Crippen LogP contribution is 2.38. The third-order valence-electron chi connectivity index (χ3n) is 6.87. The van der Waals surface area contributed by atoms with Crippen molar-refractivity contribution in [3.8, 4) is 22.6 Å². The molecule has 3 N–H and O–H groups in total. The molecule has 9 nitrogen and oxygen atoms in total. The summed E-state index contributed by atoms with van der Waals surface area (Å²) in [6, 6.07) is 15.8. The number of benzene rings is 2. The first-order chi connectivity index (χ1) is 18.5.